The predicted molar refractivity (Wildman–Crippen MR) is 93.2 cm³/mol. The molecule has 3 rings (SSSR count). The second-order valence-electron chi connectivity index (χ2n) is 6.37. The van der Waals surface area contributed by atoms with Crippen molar-refractivity contribution in [1.82, 2.24) is 0 Å². The molecule has 138 valence electrons. The molecule has 0 unspecified atom stereocenters. The van der Waals surface area contributed by atoms with Gasteiger partial charge in [0.2, 0.25) is 0 Å². The van der Waals surface area contributed by atoms with Gasteiger partial charge in [-0.2, -0.15) is 0 Å². The summed E-state index contributed by atoms with van der Waals surface area (Å²) >= 11 is 0. The predicted octanol–water partition coefficient (Wildman–Crippen LogP) is 3.42. The van der Waals surface area contributed by atoms with Gasteiger partial charge >= 0.3 is 5.97 Å². The number of hydrogen-bond acceptors (Lipinski definition) is 4. The standard InChI is InChI=1S/C20H21FO5/c21-16-4-8-18(9-5-16)26-11-1-10-25-17-6-2-15(3-7-17)20(12-19(22)23)13-24-14-20/h2-9H,1,10-14H2,(H,22,23). The third kappa shape index (κ3) is 4.52. The van der Waals surface area contributed by atoms with Gasteiger partial charge in [-0.25, -0.2) is 4.39 Å². The first-order valence-electron chi connectivity index (χ1n) is 8.49. The van der Waals surface area contributed by atoms with Crippen LogP contribution in [0.4, 0.5) is 4.39 Å². The lowest BCUT2D eigenvalue weighted by Gasteiger charge is -2.40. The van der Waals surface area contributed by atoms with Crippen LogP contribution in [-0.2, 0) is 14.9 Å². The quantitative estimate of drug-likeness (QED) is 0.694. The number of benzene rings is 2. The zero-order chi connectivity index (χ0) is 18.4. The second-order valence-corrected chi connectivity index (χ2v) is 6.37. The summed E-state index contributed by atoms with van der Waals surface area (Å²) < 4.78 is 29.2. The maximum Gasteiger partial charge on any atom is 0.304 e. The fourth-order valence-corrected chi connectivity index (χ4v) is 2.88. The number of ether oxygens (including phenoxy) is 3. The molecule has 0 aliphatic carbocycles. The van der Waals surface area contributed by atoms with Crippen molar-refractivity contribution in [1.29, 1.82) is 0 Å². The Morgan fingerprint density at radius 2 is 1.54 bits per heavy atom. The van der Waals surface area contributed by atoms with E-state index in [9.17, 15) is 9.18 Å². The van der Waals surface area contributed by atoms with Crippen LogP contribution in [0.3, 0.4) is 0 Å². The highest BCUT2D eigenvalue weighted by atomic mass is 19.1. The van der Waals surface area contributed by atoms with E-state index in [1.54, 1.807) is 12.1 Å². The maximum atomic E-state index is 12.8. The topological polar surface area (TPSA) is 65.0 Å². The van der Waals surface area contributed by atoms with Gasteiger partial charge in [0.1, 0.15) is 17.3 Å². The van der Waals surface area contributed by atoms with Crippen molar-refractivity contribution in [3.05, 3.63) is 59.9 Å². The lowest BCUT2D eigenvalue weighted by Crippen LogP contribution is -2.48. The minimum atomic E-state index is -0.824. The molecule has 6 heteroatoms. The lowest BCUT2D eigenvalue weighted by atomic mass is 9.76. The Labute approximate surface area is 151 Å². The van der Waals surface area contributed by atoms with Crippen LogP contribution in [0.5, 0.6) is 11.5 Å². The molecule has 0 atom stereocenters. The summed E-state index contributed by atoms with van der Waals surface area (Å²) in [6.45, 7) is 1.83. The van der Waals surface area contributed by atoms with Crippen LogP contribution in [0.15, 0.2) is 48.5 Å². The van der Waals surface area contributed by atoms with Gasteiger partial charge in [0, 0.05) is 6.42 Å². The van der Waals surface area contributed by atoms with Gasteiger partial charge in [0.25, 0.3) is 0 Å². The Bertz CT molecular complexity index is 723. The van der Waals surface area contributed by atoms with Gasteiger partial charge in [0.05, 0.1) is 38.3 Å². The normalized spacial score (nSPS) is 15.1. The fraction of sp³-hybridized carbons (Fsp3) is 0.350. The van der Waals surface area contributed by atoms with Crippen LogP contribution >= 0.6 is 0 Å². The molecule has 0 spiro atoms. The molecule has 0 saturated carbocycles. The van der Waals surface area contributed by atoms with E-state index in [2.05, 4.69) is 0 Å². The molecular formula is C20H21FO5. The third-order valence-corrected chi connectivity index (χ3v) is 4.35. The maximum absolute atomic E-state index is 12.8. The van der Waals surface area contributed by atoms with Crippen LogP contribution in [0, 0.1) is 5.82 Å². The van der Waals surface area contributed by atoms with Gasteiger partial charge < -0.3 is 19.3 Å². The number of hydrogen-bond donors (Lipinski definition) is 1. The van der Waals surface area contributed by atoms with E-state index in [0.29, 0.717) is 38.6 Å². The number of halogens is 1. The molecular weight excluding hydrogens is 339 g/mol. The van der Waals surface area contributed by atoms with Crippen molar-refractivity contribution in [3.63, 3.8) is 0 Å². The monoisotopic (exact) mass is 360 g/mol. The second kappa shape index (κ2) is 8.19. The average Bonchev–Trinajstić information content (AvgIpc) is 2.60. The Kier molecular flexibility index (Phi) is 5.73. The Hall–Kier alpha value is -2.60. The van der Waals surface area contributed by atoms with E-state index in [-0.39, 0.29) is 12.2 Å². The summed E-state index contributed by atoms with van der Waals surface area (Å²) in [6.07, 6.45) is 0.754. The molecule has 0 bridgehead atoms. The number of rotatable bonds is 9. The van der Waals surface area contributed by atoms with Gasteiger partial charge in [-0.3, -0.25) is 4.79 Å². The SMILES string of the molecule is O=C(O)CC1(c2ccc(OCCCOc3ccc(F)cc3)cc2)COC1. The Balaban J connectivity index is 1.43. The molecule has 1 N–H and O–H groups in total. The molecule has 26 heavy (non-hydrogen) atoms. The van der Waals surface area contributed by atoms with E-state index >= 15 is 0 Å². The van der Waals surface area contributed by atoms with Gasteiger partial charge in [0.15, 0.2) is 0 Å². The summed E-state index contributed by atoms with van der Waals surface area (Å²) in [5, 5.41) is 9.08. The number of carboxylic acids is 1. The van der Waals surface area contributed by atoms with Crippen LogP contribution in [0.25, 0.3) is 0 Å². The molecule has 2 aromatic rings. The van der Waals surface area contributed by atoms with Gasteiger partial charge in [-0.15, -0.1) is 0 Å². The lowest BCUT2D eigenvalue weighted by molar-refractivity contribution is -0.145. The first kappa shape index (κ1) is 18.2. The van der Waals surface area contributed by atoms with Crippen LogP contribution in [0.2, 0.25) is 0 Å². The first-order chi connectivity index (χ1) is 12.6. The zero-order valence-corrected chi connectivity index (χ0v) is 14.3. The molecule has 2 aromatic carbocycles. The number of aliphatic carboxylic acids is 1. The van der Waals surface area contributed by atoms with Crippen LogP contribution < -0.4 is 9.47 Å². The summed E-state index contributed by atoms with van der Waals surface area (Å²) in [5.41, 5.74) is 0.533. The molecule has 0 aromatic heterocycles. The van der Waals surface area contributed by atoms with Crippen molar-refractivity contribution in [2.24, 2.45) is 0 Å². The highest BCUT2D eigenvalue weighted by molar-refractivity contribution is 5.69. The van der Waals surface area contributed by atoms with Crippen LogP contribution in [0.1, 0.15) is 18.4 Å². The highest BCUT2D eigenvalue weighted by Gasteiger charge is 2.42. The summed E-state index contributed by atoms with van der Waals surface area (Å²) in [6, 6.07) is 13.4. The van der Waals surface area contributed by atoms with E-state index in [4.69, 9.17) is 19.3 Å². The molecule has 5 nitrogen and oxygen atoms in total. The number of carbonyl (C=O) groups is 1. The van der Waals surface area contributed by atoms with Gasteiger partial charge in [-0.05, 0) is 42.0 Å². The molecule has 0 radical (unpaired) electrons. The minimum absolute atomic E-state index is 0.0634. The van der Waals surface area contributed by atoms with Crippen molar-refractivity contribution in [2.75, 3.05) is 26.4 Å². The van der Waals surface area contributed by atoms with E-state index in [1.165, 1.54) is 12.1 Å². The average molecular weight is 360 g/mol. The van der Waals surface area contributed by atoms with E-state index < -0.39 is 11.4 Å². The Morgan fingerprint density at radius 3 is 2.00 bits per heavy atom. The molecule has 0 amide bonds. The summed E-state index contributed by atoms with van der Waals surface area (Å²) in [5.74, 6) is 0.237. The summed E-state index contributed by atoms with van der Waals surface area (Å²) in [4.78, 5) is 11.1. The van der Waals surface area contributed by atoms with E-state index in [1.807, 2.05) is 24.3 Å². The first-order valence-corrected chi connectivity index (χ1v) is 8.49. The third-order valence-electron chi connectivity index (χ3n) is 4.35. The van der Waals surface area contributed by atoms with E-state index in [0.717, 1.165) is 11.3 Å². The molecule has 1 fully saturated rings. The largest absolute Gasteiger partial charge is 0.493 e. The molecule has 1 aliphatic heterocycles. The Morgan fingerprint density at radius 1 is 1.00 bits per heavy atom. The smallest absolute Gasteiger partial charge is 0.304 e. The molecule has 1 heterocycles. The zero-order valence-electron chi connectivity index (χ0n) is 14.3. The van der Waals surface area contributed by atoms with Gasteiger partial charge in [-0.1, -0.05) is 12.1 Å². The van der Waals surface area contributed by atoms with Crippen molar-refractivity contribution >= 4 is 5.97 Å². The molecule has 1 aliphatic rings. The highest BCUT2D eigenvalue weighted by Crippen LogP contribution is 2.36. The van der Waals surface area contributed by atoms with Crippen LogP contribution in [-0.4, -0.2) is 37.5 Å². The van der Waals surface area contributed by atoms with Crippen molar-refractivity contribution in [2.45, 2.75) is 18.3 Å². The van der Waals surface area contributed by atoms with Crippen molar-refractivity contribution in [3.8, 4) is 11.5 Å². The number of carboxylic acid groups (broad SMARTS) is 1. The fourth-order valence-electron chi connectivity index (χ4n) is 2.88. The van der Waals surface area contributed by atoms with Crippen molar-refractivity contribution < 1.29 is 28.5 Å². The summed E-state index contributed by atoms with van der Waals surface area (Å²) in [7, 11) is 0. The minimum Gasteiger partial charge on any atom is -0.493 e. The molecule has 1 saturated heterocycles.